The van der Waals surface area contributed by atoms with Gasteiger partial charge in [-0.3, -0.25) is 5.10 Å². The number of anilines is 1. The van der Waals surface area contributed by atoms with Crippen molar-refractivity contribution in [1.82, 2.24) is 20.2 Å². The van der Waals surface area contributed by atoms with Gasteiger partial charge in [-0.25, -0.2) is 15.8 Å². The van der Waals surface area contributed by atoms with Crippen LogP contribution in [0.1, 0.15) is 0 Å². The Hall–Kier alpha value is -1.60. The van der Waals surface area contributed by atoms with Crippen LogP contribution in [0.4, 0.5) is 5.82 Å². The third-order valence-corrected chi connectivity index (χ3v) is 2.29. The van der Waals surface area contributed by atoms with Gasteiger partial charge in [0.1, 0.15) is 17.2 Å². The van der Waals surface area contributed by atoms with Crippen molar-refractivity contribution in [2.45, 2.75) is 10.2 Å². The summed E-state index contributed by atoms with van der Waals surface area (Å²) in [6.07, 6.45) is 1.45. The number of nitrogens with two attached hydrogens (primary N) is 1. The second kappa shape index (κ2) is 4.07. The first-order valence-electron chi connectivity index (χ1n) is 3.85. The maximum atomic E-state index is 5.23. The summed E-state index contributed by atoms with van der Waals surface area (Å²) in [6, 6.07) is 5.51. The lowest BCUT2D eigenvalue weighted by Crippen LogP contribution is -2.08. The van der Waals surface area contributed by atoms with Gasteiger partial charge < -0.3 is 5.43 Å². The summed E-state index contributed by atoms with van der Waals surface area (Å²) in [5.41, 5.74) is 2.48. The molecule has 0 saturated heterocycles. The fourth-order valence-corrected chi connectivity index (χ4v) is 1.58. The number of nitrogens with one attached hydrogen (secondary N) is 2. The van der Waals surface area contributed by atoms with E-state index in [2.05, 4.69) is 25.6 Å². The zero-order chi connectivity index (χ0) is 9.80. The molecular formula is C7H8N6S. The summed E-state index contributed by atoms with van der Waals surface area (Å²) >= 11 is 1.39. The fourth-order valence-electron chi connectivity index (χ4n) is 0.895. The third kappa shape index (κ3) is 2.01. The van der Waals surface area contributed by atoms with Crippen LogP contribution in [0.25, 0.3) is 0 Å². The summed E-state index contributed by atoms with van der Waals surface area (Å²) < 4.78 is 0. The molecule has 0 aliphatic heterocycles. The molecule has 6 nitrogen and oxygen atoms in total. The second-order valence-electron chi connectivity index (χ2n) is 2.40. The quantitative estimate of drug-likeness (QED) is 0.506. The molecule has 2 heterocycles. The van der Waals surface area contributed by atoms with Crippen molar-refractivity contribution in [3.8, 4) is 0 Å². The molecule has 72 valence electrons. The number of rotatable bonds is 3. The highest BCUT2D eigenvalue weighted by Crippen LogP contribution is 2.22. The maximum Gasteiger partial charge on any atom is 0.189 e. The number of hydrogen-bond donors (Lipinski definition) is 3. The molecular weight excluding hydrogens is 200 g/mol. The Balaban J connectivity index is 2.17. The Morgan fingerprint density at radius 2 is 2.36 bits per heavy atom. The third-order valence-electron chi connectivity index (χ3n) is 1.47. The number of hydrazine groups is 1. The molecule has 0 atom stereocenters. The van der Waals surface area contributed by atoms with Crippen LogP contribution < -0.4 is 11.3 Å². The largest absolute Gasteiger partial charge is 0.308 e. The molecule has 2 rings (SSSR count). The van der Waals surface area contributed by atoms with Crippen LogP contribution in [-0.4, -0.2) is 20.2 Å². The fraction of sp³-hybridized carbons (Fsp3) is 0. The standard InChI is InChI=1S/C7H8N6S/c8-12-5-2-1-3-6(11-5)14-7-9-4-10-13-7/h1-4H,8H2,(H,11,12)(H,9,10,13). The van der Waals surface area contributed by atoms with E-state index in [1.807, 2.05) is 12.1 Å². The Kier molecular flexibility index (Phi) is 2.61. The van der Waals surface area contributed by atoms with Crippen molar-refractivity contribution in [3.05, 3.63) is 24.5 Å². The molecule has 0 spiro atoms. The predicted molar refractivity (Wildman–Crippen MR) is 52.6 cm³/mol. The molecule has 0 bridgehead atoms. The van der Waals surface area contributed by atoms with Gasteiger partial charge >= 0.3 is 0 Å². The summed E-state index contributed by atoms with van der Waals surface area (Å²) in [6.45, 7) is 0. The number of hydrogen-bond acceptors (Lipinski definition) is 6. The highest BCUT2D eigenvalue weighted by atomic mass is 32.2. The van der Waals surface area contributed by atoms with Crippen molar-refractivity contribution in [1.29, 1.82) is 0 Å². The van der Waals surface area contributed by atoms with Gasteiger partial charge in [-0.05, 0) is 23.9 Å². The molecule has 7 heteroatoms. The molecule has 0 aliphatic rings. The summed E-state index contributed by atoms with van der Waals surface area (Å²) in [5, 5.41) is 7.97. The van der Waals surface area contributed by atoms with E-state index in [4.69, 9.17) is 5.84 Å². The molecule has 0 fully saturated rings. The topological polar surface area (TPSA) is 92.5 Å². The zero-order valence-corrected chi connectivity index (χ0v) is 7.95. The van der Waals surface area contributed by atoms with Crippen LogP contribution in [0.3, 0.4) is 0 Å². The van der Waals surface area contributed by atoms with E-state index in [1.165, 1.54) is 18.1 Å². The first-order valence-corrected chi connectivity index (χ1v) is 4.67. The van der Waals surface area contributed by atoms with Crippen LogP contribution >= 0.6 is 11.8 Å². The molecule has 0 aliphatic carbocycles. The first-order chi connectivity index (χ1) is 6.88. The summed E-state index contributed by atoms with van der Waals surface area (Å²) in [7, 11) is 0. The van der Waals surface area contributed by atoms with Crippen LogP contribution in [0.15, 0.2) is 34.7 Å². The van der Waals surface area contributed by atoms with Gasteiger partial charge in [0.05, 0.1) is 0 Å². The maximum absolute atomic E-state index is 5.23. The van der Waals surface area contributed by atoms with Gasteiger partial charge in [0, 0.05) is 0 Å². The number of pyridine rings is 1. The van der Waals surface area contributed by atoms with Crippen molar-refractivity contribution >= 4 is 17.6 Å². The highest BCUT2D eigenvalue weighted by Gasteiger charge is 2.01. The van der Waals surface area contributed by atoms with Crippen molar-refractivity contribution < 1.29 is 0 Å². The van der Waals surface area contributed by atoms with Gasteiger partial charge in [0.25, 0.3) is 0 Å². The molecule has 2 aromatic heterocycles. The molecule has 0 radical (unpaired) electrons. The van der Waals surface area contributed by atoms with Crippen molar-refractivity contribution in [2.24, 2.45) is 5.84 Å². The van der Waals surface area contributed by atoms with Gasteiger partial charge in [0.15, 0.2) is 5.16 Å². The second-order valence-corrected chi connectivity index (χ2v) is 3.41. The molecule has 0 amide bonds. The highest BCUT2D eigenvalue weighted by molar-refractivity contribution is 7.99. The van der Waals surface area contributed by atoms with E-state index < -0.39 is 0 Å². The lowest BCUT2D eigenvalue weighted by Gasteiger charge is -2.00. The van der Waals surface area contributed by atoms with Gasteiger partial charge in [-0.15, -0.1) is 0 Å². The van der Waals surface area contributed by atoms with E-state index in [-0.39, 0.29) is 0 Å². The average molecular weight is 208 g/mol. The van der Waals surface area contributed by atoms with Gasteiger partial charge in [-0.2, -0.15) is 5.10 Å². The lowest BCUT2D eigenvalue weighted by atomic mass is 10.5. The van der Waals surface area contributed by atoms with E-state index in [1.54, 1.807) is 6.07 Å². The van der Waals surface area contributed by atoms with Gasteiger partial charge in [0.2, 0.25) is 0 Å². The smallest absolute Gasteiger partial charge is 0.189 e. The lowest BCUT2D eigenvalue weighted by molar-refractivity contribution is 0.967. The molecule has 14 heavy (non-hydrogen) atoms. The first kappa shape index (κ1) is 8.97. The molecule has 0 unspecified atom stereocenters. The van der Waals surface area contributed by atoms with E-state index >= 15 is 0 Å². The Bertz CT molecular complexity index is 400. The number of nitrogen functional groups attached to an aromatic ring is 1. The minimum atomic E-state index is 0.620. The number of aromatic nitrogens is 4. The Morgan fingerprint density at radius 1 is 1.43 bits per heavy atom. The minimum absolute atomic E-state index is 0.620. The molecule has 2 aromatic rings. The van der Waals surface area contributed by atoms with Crippen LogP contribution in [0.2, 0.25) is 0 Å². The molecule has 0 saturated carbocycles. The van der Waals surface area contributed by atoms with Crippen LogP contribution in [0.5, 0.6) is 0 Å². The number of H-pyrrole nitrogens is 1. The summed E-state index contributed by atoms with van der Waals surface area (Å²) in [4.78, 5) is 8.18. The van der Waals surface area contributed by atoms with E-state index in [9.17, 15) is 0 Å². The monoisotopic (exact) mass is 208 g/mol. The normalized spacial score (nSPS) is 10.1. The number of nitrogens with zero attached hydrogens (tertiary/aromatic N) is 3. The summed E-state index contributed by atoms with van der Waals surface area (Å²) in [5.74, 6) is 5.85. The predicted octanol–water partition coefficient (Wildman–Crippen LogP) is 0.637. The van der Waals surface area contributed by atoms with E-state index in [0.29, 0.717) is 11.0 Å². The molecule has 0 aromatic carbocycles. The van der Waals surface area contributed by atoms with Crippen LogP contribution in [0, 0.1) is 0 Å². The Labute approximate surface area is 84.3 Å². The van der Waals surface area contributed by atoms with Crippen molar-refractivity contribution in [3.63, 3.8) is 0 Å². The molecule has 4 N–H and O–H groups in total. The van der Waals surface area contributed by atoms with E-state index in [0.717, 1.165) is 5.03 Å². The Morgan fingerprint density at radius 3 is 3.07 bits per heavy atom. The van der Waals surface area contributed by atoms with Gasteiger partial charge in [-0.1, -0.05) is 6.07 Å². The zero-order valence-electron chi connectivity index (χ0n) is 7.14. The minimum Gasteiger partial charge on any atom is -0.308 e. The number of aromatic amines is 1. The van der Waals surface area contributed by atoms with Crippen LogP contribution in [-0.2, 0) is 0 Å². The van der Waals surface area contributed by atoms with Crippen molar-refractivity contribution in [2.75, 3.05) is 5.43 Å². The SMILES string of the molecule is NNc1cccc(Sc2ncn[nH]2)n1. The average Bonchev–Trinajstić information content (AvgIpc) is 2.71.